The fraction of sp³-hybridized carbons (Fsp3) is 0.429. The Bertz CT molecular complexity index is 667. The molecule has 6 heteroatoms. The van der Waals surface area contributed by atoms with E-state index in [0.717, 1.165) is 30.7 Å². The first-order chi connectivity index (χ1) is 9.69. The summed E-state index contributed by atoms with van der Waals surface area (Å²) in [7, 11) is 0. The minimum absolute atomic E-state index is 0.154. The average molecular weight is 268 g/mol. The number of hydrogen-bond donors (Lipinski definition) is 1. The Hall–Kier alpha value is -2.26. The molecule has 2 aromatic heterocycles. The Balaban J connectivity index is 2.11. The van der Waals surface area contributed by atoms with E-state index in [0.29, 0.717) is 17.1 Å². The number of nitriles is 1. The van der Waals surface area contributed by atoms with Crippen molar-refractivity contribution in [3.8, 4) is 6.07 Å². The second kappa shape index (κ2) is 5.02. The highest BCUT2D eigenvalue weighted by Crippen LogP contribution is 2.28. The summed E-state index contributed by atoms with van der Waals surface area (Å²) >= 11 is 0. The molecular formula is C14H16N6. The van der Waals surface area contributed by atoms with Crippen LogP contribution in [-0.4, -0.2) is 34.1 Å². The molecule has 0 spiro atoms. The standard InChI is InChI=1S/C14H16N6/c1-9-4-10(16)8-20(7-9)12-6-19-11(5-15)13-14(12)18-3-2-17-13/h2-3,6,9-10H,4,7-8,16H2,1H3/t9-,10+/m0/s1. The lowest BCUT2D eigenvalue weighted by atomic mass is 9.96. The quantitative estimate of drug-likeness (QED) is 0.831. The van der Waals surface area contributed by atoms with E-state index >= 15 is 0 Å². The zero-order valence-electron chi connectivity index (χ0n) is 11.3. The lowest BCUT2D eigenvalue weighted by Crippen LogP contribution is -2.46. The van der Waals surface area contributed by atoms with Crippen LogP contribution in [0.4, 0.5) is 5.69 Å². The first-order valence-corrected chi connectivity index (χ1v) is 6.69. The van der Waals surface area contributed by atoms with Gasteiger partial charge in [-0.15, -0.1) is 0 Å². The summed E-state index contributed by atoms with van der Waals surface area (Å²) in [5.74, 6) is 0.529. The highest BCUT2D eigenvalue weighted by Gasteiger charge is 2.24. The topological polar surface area (TPSA) is 91.7 Å². The Morgan fingerprint density at radius 3 is 2.70 bits per heavy atom. The van der Waals surface area contributed by atoms with Crippen molar-refractivity contribution in [2.75, 3.05) is 18.0 Å². The molecule has 0 aliphatic carbocycles. The van der Waals surface area contributed by atoms with E-state index in [2.05, 4.69) is 32.8 Å². The molecule has 1 aliphatic rings. The maximum atomic E-state index is 9.11. The summed E-state index contributed by atoms with van der Waals surface area (Å²) in [6.07, 6.45) is 5.96. The highest BCUT2D eigenvalue weighted by atomic mass is 15.2. The van der Waals surface area contributed by atoms with E-state index in [4.69, 9.17) is 11.0 Å². The summed E-state index contributed by atoms with van der Waals surface area (Å²) in [4.78, 5) is 15.0. The summed E-state index contributed by atoms with van der Waals surface area (Å²) in [5, 5.41) is 9.11. The van der Waals surface area contributed by atoms with Crippen molar-refractivity contribution in [1.82, 2.24) is 15.0 Å². The normalized spacial score (nSPS) is 22.8. The van der Waals surface area contributed by atoms with Gasteiger partial charge < -0.3 is 10.6 Å². The second-order valence-electron chi connectivity index (χ2n) is 5.36. The van der Waals surface area contributed by atoms with Gasteiger partial charge in [-0.25, -0.2) is 9.97 Å². The molecule has 20 heavy (non-hydrogen) atoms. The van der Waals surface area contributed by atoms with Gasteiger partial charge in [-0.3, -0.25) is 4.98 Å². The number of anilines is 1. The number of rotatable bonds is 1. The van der Waals surface area contributed by atoms with Crippen molar-refractivity contribution in [1.29, 1.82) is 5.26 Å². The van der Waals surface area contributed by atoms with Gasteiger partial charge in [0.15, 0.2) is 5.69 Å². The number of hydrogen-bond acceptors (Lipinski definition) is 6. The van der Waals surface area contributed by atoms with Gasteiger partial charge in [-0.2, -0.15) is 5.26 Å². The van der Waals surface area contributed by atoms with Crippen molar-refractivity contribution >= 4 is 16.7 Å². The number of aromatic nitrogens is 3. The Morgan fingerprint density at radius 2 is 2.00 bits per heavy atom. The third-order valence-electron chi connectivity index (χ3n) is 3.62. The molecule has 6 nitrogen and oxygen atoms in total. The molecule has 0 unspecified atom stereocenters. The molecule has 0 bridgehead atoms. The van der Waals surface area contributed by atoms with Crippen LogP contribution in [0.2, 0.25) is 0 Å². The summed E-state index contributed by atoms with van der Waals surface area (Å²) < 4.78 is 0. The van der Waals surface area contributed by atoms with Gasteiger partial charge in [0, 0.05) is 31.5 Å². The van der Waals surface area contributed by atoms with Gasteiger partial charge in [0.05, 0.1) is 11.9 Å². The largest absolute Gasteiger partial charge is 0.367 e. The first-order valence-electron chi connectivity index (χ1n) is 6.69. The molecule has 3 heterocycles. The zero-order valence-corrected chi connectivity index (χ0v) is 11.3. The molecule has 1 fully saturated rings. The van der Waals surface area contributed by atoms with Crippen LogP contribution >= 0.6 is 0 Å². The Labute approximate surface area is 117 Å². The molecule has 1 saturated heterocycles. The Kier molecular flexibility index (Phi) is 3.20. The second-order valence-corrected chi connectivity index (χ2v) is 5.36. The van der Waals surface area contributed by atoms with Crippen LogP contribution in [0.15, 0.2) is 18.6 Å². The molecule has 1 aliphatic heterocycles. The van der Waals surface area contributed by atoms with Crippen LogP contribution in [-0.2, 0) is 0 Å². The fourth-order valence-electron chi connectivity index (χ4n) is 2.86. The van der Waals surface area contributed by atoms with Gasteiger partial charge in [-0.1, -0.05) is 6.92 Å². The van der Waals surface area contributed by atoms with E-state index in [1.807, 2.05) is 0 Å². The molecule has 0 aromatic carbocycles. The third-order valence-corrected chi connectivity index (χ3v) is 3.62. The number of nitrogens with two attached hydrogens (primary N) is 1. The molecule has 0 amide bonds. The Morgan fingerprint density at radius 1 is 1.25 bits per heavy atom. The van der Waals surface area contributed by atoms with Crippen LogP contribution in [0.25, 0.3) is 11.0 Å². The summed E-state index contributed by atoms with van der Waals surface area (Å²) in [5.41, 5.74) is 8.60. The lowest BCUT2D eigenvalue weighted by molar-refractivity contribution is 0.402. The predicted octanol–water partition coefficient (Wildman–Crippen LogP) is 1.07. The molecule has 2 aromatic rings. The van der Waals surface area contributed by atoms with Crippen molar-refractivity contribution in [3.63, 3.8) is 0 Å². The van der Waals surface area contributed by atoms with E-state index in [9.17, 15) is 0 Å². The van der Waals surface area contributed by atoms with Gasteiger partial charge >= 0.3 is 0 Å². The molecule has 2 N–H and O–H groups in total. The number of fused-ring (bicyclic) bond motifs is 1. The third kappa shape index (κ3) is 2.17. The molecule has 3 rings (SSSR count). The minimum Gasteiger partial charge on any atom is -0.367 e. The molecule has 0 radical (unpaired) electrons. The molecular weight excluding hydrogens is 252 g/mol. The van der Waals surface area contributed by atoms with Crippen LogP contribution < -0.4 is 10.6 Å². The number of pyridine rings is 1. The number of piperidine rings is 1. The average Bonchev–Trinajstić information content (AvgIpc) is 2.45. The van der Waals surface area contributed by atoms with E-state index in [-0.39, 0.29) is 6.04 Å². The fourth-order valence-corrected chi connectivity index (χ4v) is 2.86. The van der Waals surface area contributed by atoms with E-state index in [1.54, 1.807) is 18.6 Å². The first kappa shape index (κ1) is 12.8. The highest BCUT2D eigenvalue weighted by molar-refractivity contribution is 5.90. The van der Waals surface area contributed by atoms with Crippen LogP contribution in [0.3, 0.4) is 0 Å². The molecule has 102 valence electrons. The van der Waals surface area contributed by atoms with Crippen molar-refractivity contribution in [2.45, 2.75) is 19.4 Å². The summed E-state index contributed by atoms with van der Waals surface area (Å²) in [6.45, 7) is 3.90. The maximum Gasteiger partial charge on any atom is 0.168 e. The lowest BCUT2D eigenvalue weighted by Gasteiger charge is -2.36. The zero-order chi connectivity index (χ0) is 14.1. The monoisotopic (exact) mass is 268 g/mol. The van der Waals surface area contributed by atoms with Crippen LogP contribution in [0.1, 0.15) is 19.0 Å². The van der Waals surface area contributed by atoms with Gasteiger partial charge in [0.25, 0.3) is 0 Å². The minimum atomic E-state index is 0.154. The predicted molar refractivity (Wildman–Crippen MR) is 76.0 cm³/mol. The van der Waals surface area contributed by atoms with E-state index in [1.165, 1.54) is 0 Å². The van der Waals surface area contributed by atoms with Gasteiger partial charge in [0.2, 0.25) is 0 Å². The van der Waals surface area contributed by atoms with Gasteiger partial charge in [-0.05, 0) is 12.3 Å². The van der Waals surface area contributed by atoms with Gasteiger partial charge in [0.1, 0.15) is 17.1 Å². The molecule has 2 atom stereocenters. The summed E-state index contributed by atoms with van der Waals surface area (Å²) in [6, 6.07) is 2.21. The smallest absolute Gasteiger partial charge is 0.168 e. The van der Waals surface area contributed by atoms with Crippen molar-refractivity contribution in [2.24, 2.45) is 11.7 Å². The number of nitrogens with zero attached hydrogens (tertiary/aromatic N) is 5. The van der Waals surface area contributed by atoms with E-state index < -0.39 is 0 Å². The van der Waals surface area contributed by atoms with Crippen molar-refractivity contribution < 1.29 is 0 Å². The van der Waals surface area contributed by atoms with Crippen molar-refractivity contribution in [3.05, 3.63) is 24.3 Å². The maximum absolute atomic E-state index is 9.11. The van der Waals surface area contributed by atoms with Crippen LogP contribution in [0.5, 0.6) is 0 Å². The SMILES string of the molecule is C[C@H]1C[C@@H](N)CN(c2cnc(C#N)c3nccnc23)C1. The molecule has 0 saturated carbocycles. The van der Waals surface area contributed by atoms with Crippen LogP contribution in [0, 0.1) is 17.2 Å².